The molecule has 0 aliphatic carbocycles. The van der Waals surface area contributed by atoms with Crippen molar-refractivity contribution in [1.29, 1.82) is 0 Å². The summed E-state index contributed by atoms with van der Waals surface area (Å²) in [6, 6.07) is 5.25. The van der Waals surface area contributed by atoms with Crippen LogP contribution in [0.15, 0.2) is 35.5 Å². The van der Waals surface area contributed by atoms with Crippen molar-refractivity contribution in [1.82, 2.24) is 4.98 Å². The number of amides is 1. The van der Waals surface area contributed by atoms with Gasteiger partial charge in [0.25, 0.3) is 5.91 Å². The van der Waals surface area contributed by atoms with Crippen LogP contribution in [0, 0.1) is 0 Å². The maximum Gasteiger partial charge on any atom is 0.257 e. The molecule has 15 heavy (non-hydrogen) atoms. The lowest BCUT2D eigenvalue weighted by molar-refractivity contribution is -0.115. The van der Waals surface area contributed by atoms with Crippen molar-refractivity contribution in [2.45, 2.75) is 20.1 Å². The second-order valence-electron chi connectivity index (χ2n) is 3.54. The van der Waals surface area contributed by atoms with Crippen molar-refractivity contribution in [3.8, 4) is 0 Å². The van der Waals surface area contributed by atoms with Crippen LogP contribution in [0.3, 0.4) is 0 Å². The van der Waals surface area contributed by atoms with Gasteiger partial charge in [0, 0.05) is 11.8 Å². The number of aliphatic hydroxyl groups is 1. The highest BCUT2D eigenvalue weighted by Crippen LogP contribution is 2.27. The van der Waals surface area contributed by atoms with E-state index in [4.69, 9.17) is 0 Å². The van der Waals surface area contributed by atoms with Gasteiger partial charge in [0.05, 0.1) is 0 Å². The van der Waals surface area contributed by atoms with Crippen LogP contribution in [0.1, 0.15) is 13.8 Å². The van der Waals surface area contributed by atoms with Crippen LogP contribution >= 0.6 is 0 Å². The largest absolute Gasteiger partial charge is 0.369 e. The number of rotatable bonds is 1. The molecule has 1 aliphatic rings. The number of aliphatic hydroxyl groups excluding tert-OH is 1. The lowest BCUT2D eigenvalue weighted by Gasteiger charge is -2.20. The Bertz CT molecular complexity index is 425. The summed E-state index contributed by atoms with van der Waals surface area (Å²) in [7, 11) is 0. The third-order valence-corrected chi connectivity index (χ3v) is 2.66. The Hall–Kier alpha value is -1.68. The minimum Gasteiger partial charge on any atom is -0.369 e. The maximum absolute atomic E-state index is 11.8. The van der Waals surface area contributed by atoms with Crippen LogP contribution in [0.4, 0.5) is 5.82 Å². The van der Waals surface area contributed by atoms with Gasteiger partial charge in [-0.25, -0.2) is 4.98 Å². The molecule has 2 rings (SSSR count). The van der Waals surface area contributed by atoms with Crippen LogP contribution < -0.4 is 4.90 Å². The van der Waals surface area contributed by atoms with Gasteiger partial charge in [-0.2, -0.15) is 0 Å². The maximum atomic E-state index is 11.8. The first kappa shape index (κ1) is 9.86. The van der Waals surface area contributed by atoms with Gasteiger partial charge in [-0.1, -0.05) is 6.07 Å². The number of carbonyl (C=O) groups excluding carboxylic acids is 1. The molecule has 0 aromatic carbocycles. The molecule has 1 aromatic heterocycles. The molecule has 0 bridgehead atoms. The molecule has 0 fully saturated rings. The van der Waals surface area contributed by atoms with Gasteiger partial charge < -0.3 is 5.11 Å². The number of hydrogen-bond donors (Lipinski definition) is 1. The fourth-order valence-corrected chi connectivity index (χ4v) is 1.57. The van der Waals surface area contributed by atoms with E-state index in [2.05, 4.69) is 4.98 Å². The van der Waals surface area contributed by atoms with Crippen molar-refractivity contribution in [3.63, 3.8) is 0 Å². The highest BCUT2D eigenvalue weighted by atomic mass is 16.3. The predicted molar refractivity (Wildman–Crippen MR) is 56.1 cm³/mol. The summed E-state index contributed by atoms with van der Waals surface area (Å²) >= 11 is 0. The Morgan fingerprint density at radius 2 is 2.13 bits per heavy atom. The average molecular weight is 204 g/mol. The first-order valence-electron chi connectivity index (χ1n) is 4.73. The zero-order chi connectivity index (χ0) is 11.0. The van der Waals surface area contributed by atoms with Crippen LogP contribution in [-0.2, 0) is 4.79 Å². The topological polar surface area (TPSA) is 53.4 Å². The first-order chi connectivity index (χ1) is 7.13. The van der Waals surface area contributed by atoms with Crippen molar-refractivity contribution in [2.24, 2.45) is 0 Å². The second-order valence-corrected chi connectivity index (χ2v) is 3.54. The number of aromatic nitrogens is 1. The Labute approximate surface area is 87.9 Å². The summed E-state index contributed by atoms with van der Waals surface area (Å²) < 4.78 is 0. The SMILES string of the molecule is CC1=C(C)C(O)N(c2ccccn2)C1=O. The average Bonchev–Trinajstić information content (AvgIpc) is 2.45. The van der Waals surface area contributed by atoms with E-state index >= 15 is 0 Å². The highest BCUT2D eigenvalue weighted by Gasteiger charge is 2.34. The first-order valence-corrected chi connectivity index (χ1v) is 4.73. The number of carbonyl (C=O) groups is 1. The summed E-state index contributed by atoms with van der Waals surface area (Å²) in [4.78, 5) is 17.1. The monoisotopic (exact) mass is 204 g/mol. The van der Waals surface area contributed by atoms with E-state index in [1.54, 1.807) is 38.2 Å². The molecule has 1 atom stereocenters. The molecular formula is C11H12N2O2. The van der Waals surface area contributed by atoms with Crippen molar-refractivity contribution >= 4 is 11.7 Å². The van der Waals surface area contributed by atoms with Crippen LogP contribution in [0.5, 0.6) is 0 Å². The Kier molecular flexibility index (Phi) is 2.28. The van der Waals surface area contributed by atoms with Crippen molar-refractivity contribution in [2.75, 3.05) is 4.90 Å². The minimum atomic E-state index is -0.882. The molecule has 1 unspecified atom stereocenters. The van der Waals surface area contributed by atoms with Crippen LogP contribution in [-0.4, -0.2) is 22.2 Å². The van der Waals surface area contributed by atoms with Gasteiger partial charge in [-0.3, -0.25) is 9.69 Å². The van der Waals surface area contributed by atoms with E-state index in [1.807, 2.05) is 0 Å². The zero-order valence-corrected chi connectivity index (χ0v) is 8.64. The smallest absolute Gasteiger partial charge is 0.257 e. The molecular weight excluding hydrogens is 192 g/mol. The van der Waals surface area contributed by atoms with Gasteiger partial charge in [0.15, 0.2) is 6.23 Å². The van der Waals surface area contributed by atoms with Gasteiger partial charge >= 0.3 is 0 Å². The molecule has 0 spiro atoms. The standard InChI is InChI=1S/C11H12N2O2/c1-7-8(2)11(15)13(10(7)14)9-5-3-4-6-12-9/h3-6,10,14H,1-2H3. The van der Waals surface area contributed by atoms with Gasteiger partial charge in [-0.05, 0) is 31.6 Å². The van der Waals surface area contributed by atoms with Crippen LogP contribution in [0.2, 0.25) is 0 Å². The summed E-state index contributed by atoms with van der Waals surface area (Å²) in [6.07, 6.45) is 0.714. The molecule has 1 aromatic rings. The van der Waals surface area contributed by atoms with Gasteiger partial charge in [0.1, 0.15) is 5.82 Å². The minimum absolute atomic E-state index is 0.182. The Morgan fingerprint density at radius 3 is 2.60 bits per heavy atom. The molecule has 0 radical (unpaired) electrons. The molecule has 0 saturated heterocycles. The van der Waals surface area contributed by atoms with E-state index in [9.17, 15) is 9.90 Å². The predicted octanol–water partition coefficient (Wildman–Crippen LogP) is 1.08. The summed E-state index contributed by atoms with van der Waals surface area (Å²) in [5.74, 6) is 0.296. The molecule has 1 amide bonds. The van der Waals surface area contributed by atoms with E-state index in [0.29, 0.717) is 17.0 Å². The summed E-state index contributed by atoms with van der Waals surface area (Å²) in [5.41, 5.74) is 1.28. The van der Waals surface area contributed by atoms with E-state index in [1.165, 1.54) is 4.90 Å². The normalized spacial score (nSPS) is 21.4. The summed E-state index contributed by atoms with van der Waals surface area (Å²) in [6.45, 7) is 3.46. The Balaban J connectivity index is 2.39. The highest BCUT2D eigenvalue weighted by molar-refractivity contribution is 6.08. The Morgan fingerprint density at radius 1 is 1.40 bits per heavy atom. The third kappa shape index (κ3) is 1.43. The number of anilines is 1. The number of nitrogens with zero attached hydrogens (tertiary/aromatic N) is 2. The molecule has 4 heteroatoms. The molecule has 4 nitrogen and oxygen atoms in total. The molecule has 1 N–H and O–H groups in total. The quantitative estimate of drug-likeness (QED) is 0.744. The molecule has 78 valence electrons. The second kappa shape index (κ2) is 3.47. The van der Waals surface area contributed by atoms with E-state index < -0.39 is 6.23 Å². The van der Waals surface area contributed by atoms with Gasteiger partial charge in [-0.15, -0.1) is 0 Å². The van der Waals surface area contributed by atoms with Crippen LogP contribution in [0.25, 0.3) is 0 Å². The lowest BCUT2D eigenvalue weighted by Crippen LogP contribution is -2.35. The van der Waals surface area contributed by atoms with E-state index in [0.717, 1.165) is 0 Å². The zero-order valence-electron chi connectivity index (χ0n) is 8.64. The lowest BCUT2D eigenvalue weighted by atomic mass is 10.2. The fraction of sp³-hybridized carbons (Fsp3) is 0.273. The summed E-state index contributed by atoms with van der Waals surface area (Å²) in [5, 5.41) is 9.86. The molecule has 0 saturated carbocycles. The van der Waals surface area contributed by atoms with E-state index in [-0.39, 0.29) is 5.91 Å². The number of hydrogen-bond acceptors (Lipinski definition) is 3. The molecule has 1 aliphatic heterocycles. The third-order valence-electron chi connectivity index (χ3n) is 2.66. The van der Waals surface area contributed by atoms with Crippen molar-refractivity contribution < 1.29 is 9.90 Å². The fourth-order valence-electron chi connectivity index (χ4n) is 1.57. The molecule has 2 heterocycles. The van der Waals surface area contributed by atoms with Gasteiger partial charge in [0.2, 0.25) is 0 Å². The van der Waals surface area contributed by atoms with Crippen molar-refractivity contribution in [3.05, 3.63) is 35.5 Å². The number of pyridine rings is 1.